The van der Waals surface area contributed by atoms with Crippen molar-refractivity contribution in [2.75, 3.05) is 11.4 Å². The molecule has 0 N–H and O–H groups in total. The third kappa shape index (κ3) is 3.59. The maximum Gasteiger partial charge on any atom is 0.149 e. The molecule has 1 aliphatic carbocycles. The van der Waals surface area contributed by atoms with Gasteiger partial charge >= 0.3 is 0 Å². The Morgan fingerprint density at radius 1 is 1.26 bits per heavy atom. The number of halogens is 3. The first kappa shape index (κ1) is 14.6. The molecule has 0 aromatic heterocycles. The van der Waals surface area contributed by atoms with Gasteiger partial charge in [-0.3, -0.25) is 0 Å². The summed E-state index contributed by atoms with van der Waals surface area (Å²) < 4.78 is 28.2. The molecular formula is C15H20ClF2N. The van der Waals surface area contributed by atoms with Crippen molar-refractivity contribution in [1.29, 1.82) is 0 Å². The summed E-state index contributed by atoms with van der Waals surface area (Å²) in [6.07, 6.45) is 2.98. The fourth-order valence-corrected chi connectivity index (χ4v) is 2.38. The van der Waals surface area contributed by atoms with Crippen LogP contribution in [0, 0.1) is 17.6 Å². The van der Waals surface area contributed by atoms with E-state index in [0.29, 0.717) is 24.1 Å². The number of anilines is 1. The molecule has 1 aromatic rings. The molecule has 1 aromatic carbocycles. The van der Waals surface area contributed by atoms with Crippen LogP contribution in [0.15, 0.2) is 12.1 Å². The van der Waals surface area contributed by atoms with Crippen LogP contribution in [-0.4, -0.2) is 12.6 Å². The van der Waals surface area contributed by atoms with E-state index < -0.39 is 11.6 Å². The van der Waals surface area contributed by atoms with Crippen molar-refractivity contribution < 1.29 is 8.78 Å². The minimum atomic E-state index is -0.494. The van der Waals surface area contributed by atoms with Crippen LogP contribution in [0.4, 0.5) is 14.5 Å². The lowest BCUT2D eigenvalue weighted by molar-refractivity contribution is 0.537. The van der Waals surface area contributed by atoms with Crippen LogP contribution in [0.1, 0.15) is 38.7 Å². The molecule has 1 fully saturated rings. The number of alkyl halides is 1. The largest absolute Gasteiger partial charge is 0.364 e. The molecule has 0 atom stereocenters. The average Bonchev–Trinajstić information content (AvgIpc) is 3.15. The monoisotopic (exact) mass is 287 g/mol. The van der Waals surface area contributed by atoms with Gasteiger partial charge in [-0.2, -0.15) is 0 Å². The Bertz CT molecular complexity index is 421. The lowest BCUT2D eigenvalue weighted by atomic mass is 10.1. The average molecular weight is 288 g/mol. The van der Waals surface area contributed by atoms with Gasteiger partial charge in [-0.05, 0) is 42.9 Å². The molecule has 2 rings (SSSR count). The molecule has 0 radical (unpaired) electrons. The van der Waals surface area contributed by atoms with E-state index in [4.69, 9.17) is 11.6 Å². The van der Waals surface area contributed by atoms with E-state index in [-0.39, 0.29) is 11.6 Å². The minimum absolute atomic E-state index is 0.122. The Morgan fingerprint density at radius 3 is 2.26 bits per heavy atom. The number of rotatable bonds is 6. The van der Waals surface area contributed by atoms with Gasteiger partial charge in [0.05, 0.1) is 0 Å². The third-order valence-corrected chi connectivity index (χ3v) is 3.76. The summed E-state index contributed by atoms with van der Waals surface area (Å²) in [5.74, 6) is -0.337. The van der Waals surface area contributed by atoms with Crippen molar-refractivity contribution in [2.24, 2.45) is 5.92 Å². The summed E-state index contributed by atoms with van der Waals surface area (Å²) in [6, 6.07) is 2.98. The molecule has 1 saturated carbocycles. The SMILES string of the molecule is CC(C)CCN(c1c(F)cc(CCl)cc1F)C1CC1. The van der Waals surface area contributed by atoms with Gasteiger partial charge in [0.15, 0.2) is 0 Å². The Kier molecular flexibility index (Phi) is 4.67. The quantitative estimate of drug-likeness (QED) is 0.684. The maximum absolute atomic E-state index is 14.1. The highest BCUT2D eigenvalue weighted by Gasteiger charge is 2.32. The van der Waals surface area contributed by atoms with Crippen molar-refractivity contribution in [3.63, 3.8) is 0 Å². The molecule has 0 aliphatic heterocycles. The summed E-state index contributed by atoms with van der Waals surface area (Å²) in [5.41, 5.74) is 0.608. The van der Waals surface area contributed by atoms with Gasteiger partial charge in [-0.15, -0.1) is 11.6 Å². The summed E-state index contributed by atoms with van der Waals surface area (Å²) in [5, 5.41) is 0. The first-order chi connectivity index (χ1) is 9.02. The van der Waals surface area contributed by atoms with Crippen LogP contribution in [-0.2, 0) is 5.88 Å². The van der Waals surface area contributed by atoms with Gasteiger partial charge in [0.1, 0.15) is 17.3 Å². The second kappa shape index (κ2) is 6.08. The van der Waals surface area contributed by atoms with Gasteiger partial charge in [0.2, 0.25) is 0 Å². The number of benzene rings is 1. The number of hydrogen-bond donors (Lipinski definition) is 0. The third-order valence-electron chi connectivity index (χ3n) is 3.45. The summed E-state index contributed by atoms with van der Waals surface area (Å²) in [6.45, 7) is 4.94. The Morgan fingerprint density at radius 2 is 1.84 bits per heavy atom. The standard InChI is InChI=1S/C15H20ClF2N/c1-10(2)5-6-19(12-3-4-12)15-13(17)7-11(9-16)8-14(15)18/h7-8,10,12H,3-6,9H2,1-2H3. The Labute approximate surface area is 118 Å². The molecule has 1 aliphatic rings. The minimum Gasteiger partial charge on any atom is -0.364 e. The van der Waals surface area contributed by atoms with E-state index in [1.807, 2.05) is 4.90 Å². The highest BCUT2D eigenvalue weighted by atomic mass is 35.5. The van der Waals surface area contributed by atoms with E-state index >= 15 is 0 Å². The molecular weight excluding hydrogens is 268 g/mol. The van der Waals surface area contributed by atoms with Gasteiger partial charge in [-0.25, -0.2) is 8.78 Å². The van der Waals surface area contributed by atoms with Crippen LogP contribution in [0.25, 0.3) is 0 Å². The van der Waals surface area contributed by atoms with Crippen molar-refractivity contribution in [3.8, 4) is 0 Å². The summed E-state index contributed by atoms with van der Waals surface area (Å²) in [4.78, 5) is 1.89. The van der Waals surface area contributed by atoms with Crippen LogP contribution in [0.5, 0.6) is 0 Å². The molecule has 0 amide bonds. The van der Waals surface area contributed by atoms with Crippen molar-refractivity contribution in [3.05, 3.63) is 29.3 Å². The zero-order chi connectivity index (χ0) is 14.0. The second-order valence-corrected chi connectivity index (χ2v) is 5.92. The lowest BCUT2D eigenvalue weighted by Gasteiger charge is -2.26. The smallest absolute Gasteiger partial charge is 0.149 e. The molecule has 0 unspecified atom stereocenters. The molecule has 1 nitrogen and oxygen atoms in total. The van der Waals surface area contributed by atoms with Crippen molar-refractivity contribution >= 4 is 17.3 Å². The van der Waals surface area contributed by atoms with Crippen LogP contribution < -0.4 is 4.90 Å². The van der Waals surface area contributed by atoms with Crippen molar-refractivity contribution in [1.82, 2.24) is 0 Å². The molecule has 0 heterocycles. The predicted octanol–water partition coefficient (Wildman–Crippen LogP) is 4.72. The Hall–Kier alpha value is -0.830. The van der Waals surface area contributed by atoms with E-state index in [2.05, 4.69) is 13.8 Å². The zero-order valence-corrected chi connectivity index (χ0v) is 12.2. The highest BCUT2D eigenvalue weighted by Crippen LogP contribution is 2.35. The van der Waals surface area contributed by atoms with Gasteiger partial charge < -0.3 is 4.90 Å². The van der Waals surface area contributed by atoms with Gasteiger partial charge in [0, 0.05) is 18.5 Å². The molecule has 0 bridgehead atoms. The van der Waals surface area contributed by atoms with Crippen molar-refractivity contribution in [2.45, 2.75) is 45.0 Å². The Balaban J connectivity index is 2.25. The molecule has 19 heavy (non-hydrogen) atoms. The van der Waals surface area contributed by atoms with E-state index in [9.17, 15) is 8.78 Å². The first-order valence-corrected chi connectivity index (χ1v) is 7.37. The van der Waals surface area contributed by atoms with Gasteiger partial charge in [-0.1, -0.05) is 13.8 Å². The fourth-order valence-electron chi connectivity index (χ4n) is 2.23. The normalized spacial score (nSPS) is 15.1. The lowest BCUT2D eigenvalue weighted by Crippen LogP contribution is -2.29. The topological polar surface area (TPSA) is 3.24 Å². The van der Waals surface area contributed by atoms with Gasteiger partial charge in [0.25, 0.3) is 0 Å². The molecule has 0 spiro atoms. The fraction of sp³-hybridized carbons (Fsp3) is 0.600. The van der Waals surface area contributed by atoms with Crippen LogP contribution >= 0.6 is 11.6 Å². The van der Waals surface area contributed by atoms with Crippen LogP contribution in [0.2, 0.25) is 0 Å². The van der Waals surface area contributed by atoms with E-state index in [1.54, 1.807) is 0 Å². The zero-order valence-electron chi connectivity index (χ0n) is 11.4. The number of hydrogen-bond acceptors (Lipinski definition) is 1. The van der Waals surface area contributed by atoms with E-state index in [1.165, 1.54) is 12.1 Å². The summed E-state index contributed by atoms with van der Waals surface area (Å²) >= 11 is 5.63. The molecule has 4 heteroatoms. The summed E-state index contributed by atoms with van der Waals surface area (Å²) in [7, 11) is 0. The van der Waals surface area contributed by atoms with Crippen LogP contribution in [0.3, 0.4) is 0 Å². The molecule has 0 saturated heterocycles. The predicted molar refractivity (Wildman–Crippen MR) is 75.7 cm³/mol. The van der Waals surface area contributed by atoms with E-state index in [0.717, 1.165) is 19.3 Å². The molecule has 106 valence electrons. The maximum atomic E-state index is 14.1. The second-order valence-electron chi connectivity index (χ2n) is 5.65. The number of nitrogens with zero attached hydrogens (tertiary/aromatic N) is 1. The highest BCUT2D eigenvalue weighted by molar-refractivity contribution is 6.17. The first-order valence-electron chi connectivity index (χ1n) is 6.83.